The van der Waals surface area contributed by atoms with Crippen LogP contribution in [0.1, 0.15) is 30.4 Å². The Bertz CT molecular complexity index is 720. The van der Waals surface area contributed by atoms with Crippen LogP contribution in [-0.2, 0) is 11.3 Å². The van der Waals surface area contributed by atoms with Gasteiger partial charge in [-0.05, 0) is 56.0 Å². The highest BCUT2D eigenvalue weighted by atomic mass is 16.2. The summed E-state index contributed by atoms with van der Waals surface area (Å²) in [5.41, 5.74) is 4.70. The van der Waals surface area contributed by atoms with Crippen molar-refractivity contribution in [3.05, 3.63) is 59.7 Å². The predicted molar refractivity (Wildman–Crippen MR) is 108 cm³/mol. The lowest BCUT2D eigenvalue weighted by atomic mass is 10.1. The second-order valence-corrected chi connectivity index (χ2v) is 7.38. The fourth-order valence-corrected chi connectivity index (χ4v) is 3.58. The molecule has 1 heterocycles. The lowest BCUT2D eigenvalue weighted by Crippen LogP contribution is -3.08. The van der Waals surface area contributed by atoms with Crippen molar-refractivity contribution in [3.8, 4) is 0 Å². The third-order valence-corrected chi connectivity index (χ3v) is 5.09. The van der Waals surface area contributed by atoms with E-state index in [1.807, 2.05) is 12.1 Å². The van der Waals surface area contributed by atoms with Gasteiger partial charge in [-0.25, -0.2) is 0 Å². The molecule has 1 atom stereocenters. The van der Waals surface area contributed by atoms with Crippen molar-refractivity contribution in [2.75, 3.05) is 36.9 Å². The Morgan fingerprint density at radius 1 is 1.04 bits per heavy atom. The topological polar surface area (TPSA) is 36.8 Å². The summed E-state index contributed by atoms with van der Waals surface area (Å²) in [6.07, 6.45) is 3.88. The number of nitrogens with zero attached hydrogens (tertiary/aromatic N) is 1. The number of likely N-dealkylation sites (N-methyl/N-ethyl adjacent to an activating group) is 1. The number of aryl methyl sites for hydroxylation is 1. The molecule has 0 aliphatic carbocycles. The van der Waals surface area contributed by atoms with Gasteiger partial charge in [-0.1, -0.05) is 24.3 Å². The van der Waals surface area contributed by atoms with E-state index in [-0.39, 0.29) is 5.91 Å². The van der Waals surface area contributed by atoms with Crippen molar-refractivity contribution in [2.45, 2.75) is 32.7 Å². The van der Waals surface area contributed by atoms with Crippen LogP contribution in [0.25, 0.3) is 0 Å². The summed E-state index contributed by atoms with van der Waals surface area (Å²) in [5, 5.41) is 3.03. The van der Waals surface area contributed by atoms with Crippen LogP contribution in [-0.4, -0.2) is 32.6 Å². The van der Waals surface area contributed by atoms with Gasteiger partial charge in [0.15, 0.2) is 6.54 Å². The zero-order valence-corrected chi connectivity index (χ0v) is 15.9. The average Bonchev–Trinajstić information content (AvgIpc) is 2.65. The third-order valence-electron chi connectivity index (χ3n) is 5.09. The first-order valence-corrected chi connectivity index (χ1v) is 9.62. The number of carbonyl (C=O) groups excluding carboxylic acids is 1. The number of amides is 1. The molecule has 0 spiro atoms. The molecule has 1 aliphatic heterocycles. The van der Waals surface area contributed by atoms with Crippen molar-refractivity contribution in [2.24, 2.45) is 0 Å². The van der Waals surface area contributed by atoms with Crippen LogP contribution in [0.2, 0.25) is 0 Å². The van der Waals surface area contributed by atoms with Crippen molar-refractivity contribution in [1.29, 1.82) is 0 Å². The van der Waals surface area contributed by atoms with E-state index in [4.69, 9.17) is 0 Å². The number of benzene rings is 2. The van der Waals surface area contributed by atoms with E-state index >= 15 is 0 Å². The number of carbonyl (C=O) groups is 1. The summed E-state index contributed by atoms with van der Waals surface area (Å²) < 4.78 is 0. The van der Waals surface area contributed by atoms with Gasteiger partial charge in [0.25, 0.3) is 5.91 Å². The minimum atomic E-state index is 0.0572. The molecule has 1 amide bonds. The molecule has 0 aromatic heterocycles. The molecular formula is C22H30N3O+. The van der Waals surface area contributed by atoms with E-state index in [2.05, 4.69) is 60.6 Å². The van der Waals surface area contributed by atoms with Crippen LogP contribution in [0.3, 0.4) is 0 Å². The van der Waals surface area contributed by atoms with Gasteiger partial charge >= 0.3 is 0 Å². The van der Waals surface area contributed by atoms with Gasteiger partial charge in [0.05, 0.1) is 7.05 Å². The Kier molecular flexibility index (Phi) is 6.29. The molecule has 3 rings (SSSR count). The van der Waals surface area contributed by atoms with Crippen LogP contribution >= 0.6 is 0 Å². The van der Waals surface area contributed by atoms with Crippen molar-refractivity contribution < 1.29 is 9.69 Å². The largest absolute Gasteiger partial charge is 0.372 e. The summed E-state index contributed by atoms with van der Waals surface area (Å²) in [6.45, 7) is 5.71. The summed E-state index contributed by atoms with van der Waals surface area (Å²) in [4.78, 5) is 16.0. The van der Waals surface area contributed by atoms with E-state index in [0.29, 0.717) is 6.54 Å². The second-order valence-electron chi connectivity index (χ2n) is 7.38. The maximum atomic E-state index is 12.3. The Hall–Kier alpha value is -2.33. The number of rotatable bonds is 6. The predicted octanol–water partition coefficient (Wildman–Crippen LogP) is 2.64. The summed E-state index contributed by atoms with van der Waals surface area (Å²) in [5.74, 6) is 0.0572. The SMILES string of the molecule is Cc1ccccc1C[NH+](C)CC(=O)Nc1ccc(N2CCCCC2)cc1. The molecule has 2 N–H and O–H groups in total. The monoisotopic (exact) mass is 352 g/mol. The molecule has 1 saturated heterocycles. The van der Waals surface area contributed by atoms with Gasteiger partial charge in [0.2, 0.25) is 0 Å². The lowest BCUT2D eigenvalue weighted by molar-refractivity contribution is -0.885. The van der Waals surface area contributed by atoms with Gasteiger partial charge in [-0.3, -0.25) is 4.79 Å². The molecule has 2 aromatic carbocycles. The van der Waals surface area contributed by atoms with E-state index in [1.165, 1.54) is 41.0 Å². The van der Waals surface area contributed by atoms with E-state index in [9.17, 15) is 4.79 Å². The standard InChI is InChI=1S/C22H29N3O/c1-18-8-4-5-9-19(18)16-24(2)17-22(26)23-20-10-12-21(13-11-20)25-14-6-3-7-15-25/h4-5,8-13H,3,6-7,14-17H2,1-2H3,(H,23,26)/p+1. The smallest absolute Gasteiger partial charge is 0.279 e. The first-order valence-electron chi connectivity index (χ1n) is 9.62. The van der Waals surface area contributed by atoms with Crippen molar-refractivity contribution >= 4 is 17.3 Å². The van der Waals surface area contributed by atoms with Crippen LogP contribution in [0.4, 0.5) is 11.4 Å². The van der Waals surface area contributed by atoms with E-state index < -0.39 is 0 Å². The van der Waals surface area contributed by atoms with Gasteiger partial charge in [0.1, 0.15) is 6.54 Å². The van der Waals surface area contributed by atoms with Crippen LogP contribution < -0.4 is 15.1 Å². The molecule has 1 unspecified atom stereocenters. The third kappa shape index (κ3) is 5.09. The highest BCUT2D eigenvalue weighted by Gasteiger charge is 2.13. The molecule has 0 saturated carbocycles. The molecule has 26 heavy (non-hydrogen) atoms. The number of quaternary nitrogens is 1. The van der Waals surface area contributed by atoms with Crippen molar-refractivity contribution in [3.63, 3.8) is 0 Å². The van der Waals surface area contributed by atoms with Gasteiger partial charge in [-0.2, -0.15) is 0 Å². The maximum Gasteiger partial charge on any atom is 0.279 e. The number of piperidine rings is 1. The first kappa shape index (κ1) is 18.5. The second kappa shape index (κ2) is 8.86. The molecular weight excluding hydrogens is 322 g/mol. The average molecular weight is 353 g/mol. The highest BCUT2D eigenvalue weighted by molar-refractivity contribution is 5.91. The molecule has 4 heteroatoms. The zero-order chi connectivity index (χ0) is 18.4. The van der Waals surface area contributed by atoms with Gasteiger partial charge in [0, 0.05) is 30.0 Å². The molecule has 1 aliphatic rings. The lowest BCUT2D eigenvalue weighted by Gasteiger charge is -2.28. The molecule has 2 aromatic rings. The fraction of sp³-hybridized carbons (Fsp3) is 0.409. The highest BCUT2D eigenvalue weighted by Crippen LogP contribution is 2.21. The molecule has 4 nitrogen and oxygen atoms in total. The summed E-state index contributed by atoms with van der Waals surface area (Å²) >= 11 is 0. The quantitative estimate of drug-likeness (QED) is 0.839. The molecule has 138 valence electrons. The minimum Gasteiger partial charge on any atom is -0.372 e. The Balaban J connectivity index is 1.50. The molecule has 1 fully saturated rings. The molecule has 0 bridgehead atoms. The van der Waals surface area contributed by atoms with Crippen LogP contribution in [0.15, 0.2) is 48.5 Å². The van der Waals surface area contributed by atoms with Crippen LogP contribution in [0, 0.1) is 6.92 Å². The van der Waals surface area contributed by atoms with Crippen molar-refractivity contribution in [1.82, 2.24) is 0 Å². The normalized spacial score (nSPS) is 15.5. The summed E-state index contributed by atoms with van der Waals surface area (Å²) in [7, 11) is 2.06. The molecule has 0 radical (unpaired) electrons. The Morgan fingerprint density at radius 2 is 1.73 bits per heavy atom. The Labute approximate surface area is 156 Å². The maximum absolute atomic E-state index is 12.3. The van der Waals surface area contributed by atoms with E-state index in [1.54, 1.807) is 0 Å². The zero-order valence-electron chi connectivity index (χ0n) is 15.9. The Morgan fingerprint density at radius 3 is 2.42 bits per heavy atom. The minimum absolute atomic E-state index is 0.0572. The van der Waals surface area contributed by atoms with Gasteiger partial charge < -0.3 is 15.1 Å². The number of anilines is 2. The number of hydrogen-bond acceptors (Lipinski definition) is 2. The first-order chi connectivity index (χ1) is 12.6. The van der Waals surface area contributed by atoms with E-state index in [0.717, 1.165) is 25.3 Å². The van der Waals surface area contributed by atoms with Gasteiger partial charge in [-0.15, -0.1) is 0 Å². The fourth-order valence-electron chi connectivity index (χ4n) is 3.58. The summed E-state index contributed by atoms with van der Waals surface area (Å²) in [6, 6.07) is 16.6. The number of hydrogen-bond donors (Lipinski definition) is 2. The van der Waals surface area contributed by atoms with Crippen LogP contribution in [0.5, 0.6) is 0 Å². The number of nitrogens with one attached hydrogen (secondary N) is 2.